The zero-order valence-electron chi connectivity index (χ0n) is 15.3. The van der Waals surface area contributed by atoms with Crippen molar-refractivity contribution < 1.29 is 4.79 Å². The summed E-state index contributed by atoms with van der Waals surface area (Å²) in [4.78, 5) is 21.3. The molecule has 2 heterocycles. The number of likely N-dealkylation sites (N-methyl/N-ethyl adjacent to an activating group) is 1. The van der Waals surface area contributed by atoms with E-state index in [1.54, 1.807) is 12.3 Å². The zero-order valence-corrected chi connectivity index (χ0v) is 17.0. The molecule has 0 atom stereocenters. The summed E-state index contributed by atoms with van der Waals surface area (Å²) in [5, 5.41) is 2.96. The Morgan fingerprint density at radius 1 is 1.24 bits per heavy atom. The predicted octanol–water partition coefficient (Wildman–Crippen LogP) is 1.92. The lowest BCUT2D eigenvalue weighted by Gasteiger charge is -2.33. The fourth-order valence-electron chi connectivity index (χ4n) is 2.63. The van der Waals surface area contributed by atoms with Crippen LogP contribution in [0.25, 0.3) is 0 Å². The zero-order chi connectivity index (χ0) is 16.9. The number of carbonyl (C=O) groups excluding carboxylic acids is 1. The maximum absolute atomic E-state index is 12.4. The van der Waals surface area contributed by atoms with E-state index in [-0.39, 0.29) is 36.3 Å². The quantitative estimate of drug-likeness (QED) is 0.774. The van der Waals surface area contributed by atoms with Gasteiger partial charge in [-0.3, -0.25) is 4.79 Å². The molecule has 1 aromatic rings. The summed E-state index contributed by atoms with van der Waals surface area (Å²) in [5.41, 5.74) is 6.55. The van der Waals surface area contributed by atoms with Crippen LogP contribution in [0.5, 0.6) is 0 Å². The Balaban J connectivity index is 0.00000288. The number of hydrogen-bond donors (Lipinski definition) is 2. The van der Waals surface area contributed by atoms with Crippen LogP contribution >= 0.6 is 24.8 Å². The first kappa shape index (κ1) is 23.9. The van der Waals surface area contributed by atoms with Crippen LogP contribution in [0, 0.1) is 0 Å². The lowest BCUT2D eigenvalue weighted by atomic mass is 9.94. The van der Waals surface area contributed by atoms with E-state index in [1.807, 2.05) is 19.9 Å². The fraction of sp³-hybridized carbons (Fsp3) is 0.647. The Labute approximate surface area is 163 Å². The van der Waals surface area contributed by atoms with Gasteiger partial charge in [0.1, 0.15) is 5.82 Å². The van der Waals surface area contributed by atoms with Gasteiger partial charge in [-0.15, -0.1) is 24.8 Å². The Morgan fingerprint density at radius 2 is 1.84 bits per heavy atom. The van der Waals surface area contributed by atoms with Crippen LogP contribution in [0.1, 0.15) is 37.0 Å². The number of nitrogens with zero attached hydrogens (tertiary/aromatic N) is 3. The third kappa shape index (κ3) is 6.62. The van der Waals surface area contributed by atoms with E-state index in [2.05, 4.69) is 27.1 Å². The van der Waals surface area contributed by atoms with Crippen LogP contribution < -0.4 is 16.0 Å². The minimum absolute atomic E-state index is 0. The number of amides is 1. The van der Waals surface area contributed by atoms with Crippen molar-refractivity contribution in [3.8, 4) is 0 Å². The molecule has 1 amide bonds. The molecule has 25 heavy (non-hydrogen) atoms. The minimum Gasteiger partial charge on any atom is -0.354 e. The van der Waals surface area contributed by atoms with Gasteiger partial charge >= 0.3 is 0 Å². The van der Waals surface area contributed by atoms with Crippen LogP contribution in [0.4, 0.5) is 5.82 Å². The molecular formula is C17H31Cl2N5O. The number of nitrogens with two attached hydrogens (primary N) is 1. The van der Waals surface area contributed by atoms with Gasteiger partial charge in [0.05, 0.1) is 0 Å². The van der Waals surface area contributed by atoms with E-state index in [4.69, 9.17) is 5.73 Å². The molecule has 1 aromatic heterocycles. The molecule has 144 valence electrons. The monoisotopic (exact) mass is 391 g/mol. The number of nitrogens with one attached hydrogen (secondary N) is 1. The van der Waals surface area contributed by atoms with E-state index in [0.29, 0.717) is 12.1 Å². The predicted molar refractivity (Wildman–Crippen MR) is 108 cm³/mol. The second-order valence-corrected chi connectivity index (χ2v) is 6.45. The van der Waals surface area contributed by atoms with Gasteiger partial charge < -0.3 is 20.9 Å². The topological polar surface area (TPSA) is 74.5 Å². The van der Waals surface area contributed by atoms with Crippen molar-refractivity contribution in [1.82, 2.24) is 15.2 Å². The summed E-state index contributed by atoms with van der Waals surface area (Å²) in [5.74, 6) is 0.787. The van der Waals surface area contributed by atoms with Gasteiger partial charge in [-0.1, -0.05) is 13.8 Å². The highest BCUT2D eigenvalue weighted by Gasteiger charge is 2.22. The van der Waals surface area contributed by atoms with Gasteiger partial charge in [0, 0.05) is 50.0 Å². The lowest BCUT2D eigenvalue weighted by molar-refractivity contribution is 0.0942. The number of piperazine rings is 1. The smallest absolute Gasteiger partial charge is 0.251 e. The molecule has 1 aliphatic heterocycles. The highest BCUT2D eigenvalue weighted by molar-refractivity contribution is 5.94. The van der Waals surface area contributed by atoms with Crippen molar-refractivity contribution in [2.45, 2.75) is 32.2 Å². The first-order valence-electron chi connectivity index (χ1n) is 8.44. The first-order valence-corrected chi connectivity index (χ1v) is 8.44. The van der Waals surface area contributed by atoms with E-state index >= 15 is 0 Å². The molecule has 3 N–H and O–H groups in total. The summed E-state index contributed by atoms with van der Waals surface area (Å²) in [6.07, 6.45) is 3.39. The minimum atomic E-state index is -0.330. The Hall–Kier alpha value is -1.08. The number of hydrogen-bond acceptors (Lipinski definition) is 5. The average Bonchev–Trinajstić information content (AvgIpc) is 2.60. The molecule has 1 aliphatic rings. The number of rotatable bonds is 6. The first-order chi connectivity index (χ1) is 11.0. The van der Waals surface area contributed by atoms with Crippen molar-refractivity contribution in [3.63, 3.8) is 0 Å². The van der Waals surface area contributed by atoms with Gasteiger partial charge in [-0.05, 0) is 32.0 Å². The van der Waals surface area contributed by atoms with Crippen LogP contribution in [0.3, 0.4) is 0 Å². The van der Waals surface area contributed by atoms with Crippen molar-refractivity contribution in [2.24, 2.45) is 5.73 Å². The molecule has 0 radical (unpaired) electrons. The normalized spacial score (nSPS) is 15.1. The molecule has 0 aliphatic carbocycles. The van der Waals surface area contributed by atoms with Crippen molar-refractivity contribution >= 4 is 36.5 Å². The number of carbonyl (C=O) groups is 1. The summed E-state index contributed by atoms with van der Waals surface area (Å²) in [6.45, 7) is 8.49. The summed E-state index contributed by atoms with van der Waals surface area (Å²) in [6, 6.07) is 3.63. The molecule has 0 bridgehead atoms. The van der Waals surface area contributed by atoms with Crippen molar-refractivity contribution in [2.75, 3.05) is 44.7 Å². The Kier molecular flexibility index (Phi) is 10.3. The highest BCUT2D eigenvalue weighted by Crippen LogP contribution is 2.15. The third-order valence-corrected chi connectivity index (χ3v) is 4.84. The summed E-state index contributed by atoms with van der Waals surface area (Å²) < 4.78 is 0. The molecule has 0 spiro atoms. The second-order valence-electron chi connectivity index (χ2n) is 6.45. The summed E-state index contributed by atoms with van der Waals surface area (Å²) >= 11 is 0. The number of halogens is 2. The number of pyridine rings is 1. The number of aromatic nitrogens is 1. The molecule has 6 nitrogen and oxygen atoms in total. The van der Waals surface area contributed by atoms with Gasteiger partial charge in [0.15, 0.2) is 0 Å². The van der Waals surface area contributed by atoms with Crippen LogP contribution in [-0.2, 0) is 0 Å². The third-order valence-electron chi connectivity index (χ3n) is 4.84. The molecule has 8 heteroatoms. The lowest BCUT2D eigenvalue weighted by Crippen LogP contribution is -2.49. The van der Waals surface area contributed by atoms with E-state index in [9.17, 15) is 4.79 Å². The highest BCUT2D eigenvalue weighted by atomic mass is 35.5. The van der Waals surface area contributed by atoms with Crippen molar-refractivity contribution in [1.29, 1.82) is 0 Å². The van der Waals surface area contributed by atoms with E-state index in [0.717, 1.165) is 44.8 Å². The average molecular weight is 392 g/mol. The molecule has 0 saturated carbocycles. The number of anilines is 1. The molecule has 1 fully saturated rings. The molecule has 0 aromatic carbocycles. The fourth-order valence-corrected chi connectivity index (χ4v) is 2.63. The van der Waals surface area contributed by atoms with Gasteiger partial charge in [0.25, 0.3) is 5.91 Å². The maximum Gasteiger partial charge on any atom is 0.251 e. The van der Waals surface area contributed by atoms with Gasteiger partial charge in [0.2, 0.25) is 0 Å². The molecule has 0 unspecified atom stereocenters. The molecular weight excluding hydrogens is 361 g/mol. The van der Waals surface area contributed by atoms with E-state index in [1.165, 1.54) is 0 Å². The molecule has 1 saturated heterocycles. The molecule has 2 rings (SSSR count). The van der Waals surface area contributed by atoms with E-state index < -0.39 is 0 Å². The standard InChI is InChI=1S/C17H29N5O.2ClH/c1-4-17(18,5-2)13-20-16(23)14-6-7-19-15(12-14)22-10-8-21(3)9-11-22;;/h6-7,12H,4-5,8-11,13,18H2,1-3H3,(H,20,23);2*1H. The maximum atomic E-state index is 12.4. The Bertz CT molecular complexity index is 532. The van der Waals surface area contributed by atoms with Crippen LogP contribution in [-0.4, -0.2) is 61.1 Å². The van der Waals surface area contributed by atoms with Crippen LogP contribution in [0.15, 0.2) is 18.3 Å². The SMILES string of the molecule is CCC(N)(CC)CNC(=O)c1ccnc(N2CCN(C)CC2)c1.Cl.Cl. The largest absolute Gasteiger partial charge is 0.354 e. The van der Waals surface area contributed by atoms with Gasteiger partial charge in [-0.2, -0.15) is 0 Å². The summed E-state index contributed by atoms with van der Waals surface area (Å²) in [7, 11) is 2.12. The van der Waals surface area contributed by atoms with Crippen molar-refractivity contribution in [3.05, 3.63) is 23.9 Å². The van der Waals surface area contributed by atoms with Gasteiger partial charge in [-0.25, -0.2) is 4.98 Å². The van der Waals surface area contributed by atoms with Crippen LogP contribution in [0.2, 0.25) is 0 Å². The Morgan fingerprint density at radius 3 is 2.40 bits per heavy atom. The second kappa shape index (κ2) is 10.8.